The monoisotopic (exact) mass is 289 g/mol. The molecule has 1 saturated carbocycles. The van der Waals surface area contributed by atoms with Gasteiger partial charge in [0, 0.05) is 25.6 Å². The Hall–Kier alpha value is -1.43. The average Bonchev–Trinajstić information content (AvgIpc) is 3.07. The van der Waals surface area contributed by atoms with E-state index in [9.17, 15) is 9.90 Å². The molecule has 4 N–H and O–H groups in total. The van der Waals surface area contributed by atoms with Crippen LogP contribution < -0.4 is 11.3 Å². The van der Waals surface area contributed by atoms with E-state index in [4.69, 9.17) is 5.84 Å². The van der Waals surface area contributed by atoms with E-state index in [1.807, 2.05) is 30.3 Å². The maximum Gasteiger partial charge on any atom is 0.242 e. The molecule has 1 amide bonds. The van der Waals surface area contributed by atoms with Gasteiger partial charge in [-0.2, -0.15) is 0 Å². The third-order valence-electron chi connectivity index (χ3n) is 5.00. The Kier molecular flexibility index (Phi) is 4.24. The Balaban J connectivity index is 1.70. The maximum atomic E-state index is 12.1. The molecule has 0 radical (unpaired) electrons. The van der Waals surface area contributed by atoms with E-state index < -0.39 is 0 Å². The van der Waals surface area contributed by atoms with Crippen molar-refractivity contribution in [3.8, 4) is 0 Å². The quantitative estimate of drug-likeness (QED) is 0.427. The van der Waals surface area contributed by atoms with E-state index >= 15 is 0 Å². The summed E-state index contributed by atoms with van der Waals surface area (Å²) in [6.07, 6.45) is 1.86. The SMILES string of the molecule is NNC(=O)C(CN1CC2CCC(O)C2C1)c1ccccc1. The van der Waals surface area contributed by atoms with Crippen LogP contribution in [0.25, 0.3) is 0 Å². The summed E-state index contributed by atoms with van der Waals surface area (Å²) in [7, 11) is 0. The lowest BCUT2D eigenvalue weighted by molar-refractivity contribution is -0.123. The number of likely N-dealkylation sites (tertiary alicyclic amines) is 1. The zero-order valence-electron chi connectivity index (χ0n) is 12.1. The van der Waals surface area contributed by atoms with Crippen LogP contribution in [0.1, 0.15) is 24.3 Å². The van der Waals surface area contributed by atoms with E-state index in [0.29, 0.717) is 18.4 Å². The van der Waals surface area contributed by atoms with Crippen molar-refractivity contribution in [1.82, 2.24) is 10.3 Å². The van der Waals surface area contributed by atoms with Gasteiger partial charge in [0.25, 0.3) is 0 Å². The molecule has 1 aliphatic carbocycles. The highest BCUT2D eigenvalue weighted by atomic mass is 16.3. The maximum absolute atomic E-state index is 12.1. The summed E-state index contributed by atoms with van der Waals surface area (Å²) in [5, 5.41) is 10.00. The van der Waals surface area contributed by atoms with Gasteiger partial charge in [-0.15, -0.1) is 0 Å². The number of nitrogens with two attached hydrogens (primary N) is 1. The van der Waals surface area contributed by atoms with Crippen LogP contribution in [0.15, 0.2) is 30.3 Å². The molecule has 4 atom stereocenters. The summed E-state index contributed by atoms with van der Waals surface area (Å²) in [5.74, 6) is 5.89. The van der Waals surface area contributed by atoms with Crippen molar-refractivity contribution in [3.63, 3.8) is 0 Å². The van der Waals surface area contributed by atoms with E-state index in [1.54, 1.807) is 0 Å². The molecule has 5 heteroatoms. The average molecular weight is 289 g/mol. The lowest BCUT2D eigenvalue weighted by Gasteiger charge is -2.24. The molecule has 1 saturated heterocycles. The summed E-state index contributed by atoms with van der Waals surface area (Å²) in [6.45, 7) is 2.52. The van der Waals surface area contributed by atoms with Crippen LogP contribution in [0.3, 0.4) is 0 Å². The molecule has 0 aromatic heterocycles. The van der Waals surface area contributed by atoms with Gasteiger partial charge in [-0.05, 0) is 24.3 Å². The minimum absolute atomic E-state index is 0.154. The Morgan fingerprint density at radius 2 is 2.10 bits per heavy atom. The predicted molar refractivity (Wildman–Crippen MR) is 80.2 cm³/mol. The smallest absolute Gasteiger partial charge is 0.242 e. The topological polar surface area (TPSA) is 78.6 Å². The summed E-state index contributed by atoms with van der Waals surface area (Å²) < 4.78 is 0. The Labute approximate surface area is 125 Å². The number of aliphatic hydroxyl groups excluding tert-OH is 1. The number of fused-ring (bicyclic) bond motifs is 1. The van der Waals surface area contributed by atoms with Crippen molar-refractivity contribution >= 4 is 5.91 Å². The number of aliphatic hydroxyl groups is 1. The van der Waals surface area contributed by atoms with Gasteiger partial charge < -0.3 is 10.0 Å². The first-order valence-electron chi connectivity index (χ1n) is 7.65. The van der Waals surface area contributed by atoms with Gasteiger partial charge >= 0.3 is 0 Å². The molecule has 114 valence electrons. The summed E-state index contributed by atoms with van der Waals surface area (Å²) >= 11 is 0. The highest BCUT2D eigenvalue weighted by Crippen LogP contribution is 2.38. The van der Waals surface area contributed by atoms with Crippen LogP contribution in [0.4, 0.5) is 0 Å². The number of rotatable bonds is 4. The number of hydrogen-bond donors (Lipinski definition) is 3. The van der Waals surface area contributed by atoms with Crippen LogP contribution in [-0.2, 0) is 4.79 Å². The molecule has 3 rings (SSSR count). The lowest BCUT2D eigenvalue weighted by atomic mass is 9.97. The number of carbonyl (C=O) groups excluding carboxylic acids is 1. The molecule has 5 nitrogen and oxygen atoms in total. The van der Waals surface area contributed by atoms with Crippen molar-refractivity contribution in [2.24, 2.45) is 17.7 Å². The number of nitrogens with zero attached hydrogens (tertiary/aromatic N) is 1. The first kappa shape index (κ1) is 14.5. The fraction of sp³-hybridized carbons (Fsp3) is 0.562. The van der Waals surface area contributed by atoms with E-state index in [1.165, 1.54) is 0 Å². The predicted octanol–water partition coefficient (Wildman–Crippen LogP) is 0.463. The Morgan fingerprint density at radius 1 is 1.33 bits per heavy atom. The number of hydrazine groups is 1. The van der Waals surface area contributed by atoms with Gasteiger partial charge in [-0.25, -0.2) is 5.84 Å². The van der Waals surface area contributed by atoms with Gasteiger partial charge in [-0.3, -0.25) is 10.2 Å². The normalized spacial score (nSPS) is 30.1. The van der Waals surface area contributed by atoms with Crippen molar-refractivity contribution < 1.29 is 9.90 Å². The second kappa shape index (κ2) is 6.13. The fourth-order valence-electron chi connectivity index (χ4n) is 3.86. The van der Waals surface area contributed by atoms with Gasteiger partial charge in [0.2, 0.25) is 5.91 Å². The molecule has 1 aromatic rings. The van der Waals surface area contributed by atoms with Crippen LogP contribution in [0, 0.1) is 11.8 Å². The Bertz CT molecular complexity index is 494. The van der Waals surface area contributed by atoms with Gasteiger partial charge in [-0.1, -0.05) is 30.3 Å². The number of carbonyl (C=O) groups is 1. The number of nitrogens with one attached hydrogen (secondary N) is 1. The molecule has 1 heterocycles. The molecule has 2 fully saturated rings. The third-order valence-corrected chi connectivity index (χ3v) is 5.00. The largest absolute Gasteiger partial charge is 0.393 e. The van der Waals surface area contributed by atoms with E-state index in [-0.39, 0.29) is 17.9 Å². The molecular weight excluding hydrogens is 266 g/mol. The molecular formula is C16H23N3O2. The van der Waals surface area contributed by atoms with Gasteiger partial charge in [0.1, 0.15) is 0 Å². The summed E-state index contributed by atoms with van der Waals surface area (Å²) in [6, 6.07) is 9.75. The zero-order chi connectivity index (χ0) is 14.8. The van der Waals surface area contributed by atoms with Crippen LogP contribution in [0.2, 0.25) is 0 Å². The summed E-state index contributed by atoms with van der Waals surface area (Å²) in [5.41, 5.74) is 3.27. The molecule has 1 aliphatic heterocycles. The van der Waals surface area contributed by atoms with Crippen molar-refractivity contribution in [3.05, 3.63) is 35.9 Å². The highest BCUT2D eigenvalue weighted by molar-refractivity contribution is 5.83. The standard InChI is InChI=1S/C16H23N3O2/c17-18-16(21)14(11-4-2-1-3-5-11)10-19-8-12-6-7-15(20)13(12)9-19/h1-5,12-15,20H,6-10,17H2,(H,18,21). The van der Waals surface area contributed by atoms with Crippen LogP contribution >= 0.6 is 0 Å². The first-order valence-corrected chi connectivity index (χ1v) is 7.65. The molecule has 0 spiro atoms. The minimum atomic E-state index is -0.257. The van der Waals surface area contributed by atoms with Crippen LogP contribution in [0.5, 0.6) is 0 Å². The van der Waals surface area contributed by atoms with Crippen LogP contribution in [-0.4, -0.2) is 41.7 Å². The summed E-state index contributed by atoms with van der Waals surface area (Å²) in [4.78, 5) is 14.4. The van der Waals surface area contributed by atoms with Crippen molar-refractivity contribution in [2.75, 3.05) is 19.6 Å². The van der Waals surface area contributed by atoms with E-state index in [0.717, 1.165) is 31.5 Å². The number of amides is 1. The van der Waals surface area contributed by atoms with Crippen molar-refractivity contribution in [2.45, 2.75) is 24.9 Å². The van der Waals surface area contributed by atoms with Gasteiger partial charge in [0.05, 0.1) is 12.0 Å². The van der Waals surface area contributed by atoms with Crippen molar-refractivity contribution in [1.29, 1.82) is 0 Å². The van der Waals surface area contributed by atoms with E-state index in [2.05, 4.69) is 10.3 Å². The second-order valence-corrected chi connectivity index (χ2v) is 6.26. The molecule has 2 aliphatic rings. The molecule has 0 bridgehead atoms. The number of benzene rings is 1. The first-order chi connectivity index (χ1) is 10.2. The third kappa shape index (κ3) is 2.95. The number of hydrogen-bond acceptors (Lipinski definition) is 4. The fourth-order valence-corrected chi connectivity index (χ4v) is 3.86. The minimum Gasteiger partial charge on any atom is -0.393 e. The molecule has 4 unspecified atom stereocenters. The molecule has 1 aromatic carbocycles. The zero-order valence-corrected chi connectivity index (χ0v) is 12.1. The molecule has 21 heavy (non-hydrogen) atoms. The second-order valence-electron chi connectivity index (χ2n) is 6.26. The highest BCUT2D eigenvalue weighted by Gasteiger charge is 2.42. The Morgan fingerprint density at radius 3 is 2.76 bits per heavy atom. The lowest BCUT2D eigenvalue weighted by Crippen LogP contribution is -2.40. The van der Waals surface area contributed by atoms with Gasteiger partial charge in [0.15, 0.2) is 0 Å².